The largest absolute Gasteiger partial charge is 0.497 e. The molecule has 6 atom stereocenters. The number of ether oxygens (including phenoxy) is 3. The summed E-state index contributed by atoms with van der Waals surface area (Å²) in [4.78, 5) is 50.1. The molecule has 3 heterocycles. The van der Waals surface area contributed by atoms with Crippen LogP contribution in [0, 0.1) is 23.2 Å². The van der Waals surface area contributed by atoms with Crippen molar-refractivity contribution >= 4 is 29.2 Å². The van der Waals surface area contributed by atoms with Crippen LogP contribution in [0.15, 0.2) is 18.2 Å². The van der Waals surface area contributed by atoms with Gasteiger partial charge in [0.05, 0.1) is 37.0 Å². The van der Waals surface area contributed by atoms with Crippen molar-refractivity contribution in [3.8, 4) is 11.6 Å². The van der Waals surface area contributed by atoms with Crippen molar-refractivity contribution in [2.24, 2.45) is 23.2 Å². The van der Waals surface area contributed by atoms with Gasteiger partial charge in [-0.2, -0.15) is 13.2 Å². The molecule has 0 N–H and O–H groups in total. The van der Waals surface area contributed by atoms with Crippen LogP contribution in [-0.2, 0) is 25.5 Å². The minimum absolute atomic E-state index is 0.0561. The van der Waals surface area contributed by atoms with Gasteiger partial charge in [0.1, 0.15) is 41.4 Å². The summed E-state index contributed by atoms with van der Waals surface area (Å²) in [6.07, 6.45) is -0.413. The summed E-state index contributed by atoms with van der Waals surface area (Å²) < 4.78 is 61.6. The zero-order valence-corrected chi connectivity index (χ0v) is 27.2. The van der Waals surface area contributed by atoms with E-state index in [9.17, 15) is 27.6 Å². The van der Waals surface area contributed by atoms with Crippen molar-refractivity contribution in [2.45, 2.75) is 109 Å². The minimum atomic E-state index is -4.88. The molecule has 1 aromatic carbocycles. The number of methoxy groups -OCH3 is 1. The van der Waals surface area contributed by atoms with Crippen LogP contribution in [0.25, 0.3) is 11.0 Å². The zero-order valence-electron chi connectivity index (χ0n) is 27.2. The molecule has 0 spiro atoms. The fourth-order valence-corrected chi connectivity index (χ4v) is 7.42. The second kappa shape index (κ2) is 13.0. The molecular formula is C34H44F3N3O6. The summed E-state index contributed by atoms with van der Waals surface area (Å²) in [6.45, 7) is 6.69. The highest BCUT2D eigenvalue weighted by Crippen LogP contribution is 2.45. The molecule has 2 aromatic rings. The lowest BCUT2D eigenvalue weighted by Crippen LogP contribution is -2.48. The van der Waals surface area contributed by atoms with Crippen molar-refractivity contribution in [3.63, 3.8) is 0 Å². The Hall–Kier alpha value is -3.44. The number of hydrogen-bond acceptors (Lipinski definition) is 8. The van der Waals surface area contributed by atoms with E-state index in [1.807, 2.05) is 6.92 Å². The van der Waals surface area contributed by atoms with Gasteiger partial charge in [-0.15, -0.1) is 0 Å². The van der Waals surface area contributed by atoms with Crippen molar-refractivity contribution in [1.29, 1.82) is 0 Å². The maximum atomic E-state index is 14.7. The van der Waals surface area contributed by atoms with Crippen LogP contribution in [0.5, 0.6) is 11.6 Å². The second-order valence-electron chi connectivity index (χ2n) is 14.3. The van der Waals surface area contributed by atoms with E-state index in [1.54, 1.807) is 39.0 Å². The summed E-state index contributed by atoms with van der Waals surface area (Å²) >= 11 is 0. The fourth-order valence-electron chi connectivity index (χ4n) is 7.42. The molecule has 0 unspecified atom stereocenters. The number of hydrogen-bond donors (Lipinski definition) is 0. The van der Waals surface area contributed by atoms with Gasteiger partial charge in [0, 0.05) is 6.07 Å². The Kier molecular flexibility index (Phi) is 9.57. The highest BCUT2D eigenvalue weighted by molar-refractivity contribution is 5.87. The fraction of sp³-hybridized carbons (Fsp3) is 0.676. The van der Waals surface area contributed by atoms with Gasteiger partial charge >= 0.3 is 12.1 Å². The van der Waals surface area contributed by atoms with Gasteiger partial charge in [0.2, 0.25) is 11.8 Å². The molecule has 0 radical (unpaired) electrons. The summed E-state index contributed by atoms with van der Waals surface area (Å²) in [5.74, 6) is -4.00. The zero-order chi connectivity index (χ0) is 33.4. The number of amides is 1. The predicted molar refractivity (Wildman–Crippen MR) is 163 cm³/mol. The number of alkyl halides is 3. The lowest BCUT2D eigenvalue weighted by atomic mass is 9.77. The number of carbonyl (C=O) groups excluding carboxylic acids is 3. The molecule has 1 aromatic heterocycles. The second-order valence-corrected chi connectivity index (χ2v) is 14.3. The van der Waals surface area contributed by atoms with Crippen LogP contribution in [-0.4, -0.2) is 70.6 Å². The number of fused-ring (bicyclic) bond motifs is 5. The third-order valence-electron chi connectivity index (χ3n) is 10.1. The van der Waals surface area contributed by atoms with Gasteiger partial charge in [0.25, 0.3) is 0 Å². The normalized spacial score (nSPS) is 30.1. The van der Waals surface area contributed by atoms with Crippen molar-refractivity contribution < 1.29 is 41.8 Å². The van der Waals surface area contributed by atoms with E-state index in [4.69, 9.17) is 19.2 Å². The molecule has 9 nitrogen and oxygen atoms in total. The molecule has 2 fully saturated rings. The number of aldehydes is 1. The first-order chi connectivity index (χ1) is 21.6. The van der Waals surface area contributed by atoms with Crippen LogP contribution < -0.4 is 9.47 Å². The molecule has 3 aliphatic rings. The molecule has 1 amide bonds. The Labute approximate surface area is 267 Å². The molecule has 1 saturated carbocycles. The first-order valence-corrected chi connectivity index (χ1v) is 16.2. The molecule has 1 saturated heterocycles. The number of halogens is 3. The van der Waals surface area contributed by atoms with Gasteiger partial charge in [-0.25, -0.2) is 9.97 Å². The van der Waals surface area contributed by atoms with Crippen molar-refractivity contribution in [2.75, 3.05) is 13.7 Å². The molecule has 2 bridgehead atoms. The first-order valence-electron chi connectivity index (χ1n) is 16.2. The van der Waals surface area contributed by atoms with E-state index in [0.29, 0.717) is 41.7 Å². The highest BCUT2D eigenvalue weighted by atomic mass is 19.4. The molecule has 12 heteroatoms. The molecular weight excluding hydrogens is 603 g/mol. The van der Waals surface area contributed by atoms with Crippen molar-refractivity contribution in [3.05, 3.63) is 23.9 Å². The molecule has 1 aliphatic carbocycles. The smallest absolute Gasteiger partial charge is 0.397 e. The third-order valence-corrected chi connectivity index (χ3v) is 10.1. The quantitative estimate of drug-likeness (QED) is 0.278. The summed E-state index contributed by atoms with van der Waals surface area (Å²) in [7, 11) is 1.50. The molecule has 2 aliphatic heterocycles. The summed E-state index contributed by atoms with van der Waals surface area (Å²) in [5, 5.41) is 0. The van der Waals surface area contributed by atoms with Crippen LogP contribution in [0.1, 0.15) is 84.8 Å². The highest BCUT2D eigenvalue weighted by Gasteiger charge is 2.59. The van der Waals surface area contributed by atoms with Crippen molar-refractivity contribution in [1.82, 2.24) is 14.9 Å². The first kappa shape index (κ1) is 33.9. The Balaban J connectivity index is 1.58. The monoisotopic (exact) mass is 647 g/mol. The molecule has 252 valence electrons. The van der Waals surface area contributed by atoms with Crippen LogP contribution in [0.3, 0.4) is 0 Å². The standard InChI is InChI=1S/C34H44F3N3O6/c1-32(2,3)22-17-28(42)46-33(4)15-9-11-20(33)10-7-6-8-12-24-30(39-25-16-21(44-5)13-14-23(25)38-24)45-27-18-40(31(22)43)26(19-41)29(27)34(35,36)37/h13-14,16,19-20,22,26-27,29H,6-12,15,17-18H2,1-5H3/t20-,22-,26-,27+,29+,33-/m1/s1. The van der Waals surface area contributed by atoms with Gasteiger partial charge in [-0.05, 0) is 68.9 Å². The average Bonchev–Trinajstić information content (AvgIpc) is 3.53. The number of aromatic nitrogens is 2. The Morgan fingerprint density at radius 2 is 1.78 bits per heavy atom. The van der Waals surface area contributed by atoms with Gasteiger partial charge in [-0.1, -0.05) is 33.6 Å². The SMILES string of the molecule is COc1ccc2nc3c(nc2c1)O[C@H]1CN(C(=O)[C@H](C(C)(C)C)CC(=O)O[C@]2(C)CCC[C@H]2CCCCC3)[C@H](C=O)[C@@H]1C(F)(F)F. The van der Waals surface area contributed by atoms with Gasteiger partial charge in [-0.3, -0.25) is 9.59 Å². The Morgan fingerprint density at radius 1 is 1.04 bits per heavy atom. The van der Waals surface area contributed by atoms with E-state index < -0.39 is 59.6 Å². The molecule has 5 rings (SSSR count). The number of carbonyl (C=O) groups is 3. The lowest BCUT2D eigenvalue weighted by molar-refractivity contribution is -0.195. The predicted octanol–water partition coefficient (Wildman–Crippen LogP) is 6.24. The number of esters is 1. The van der Waals surface area contributed by atoms with Crippen LogP contribution in [0.4, 0.5) is 13.2 Å². The third kappa shape index (κ3) is 6.95. The minimum Gasteiger partial charge on any atom is -0.497 e. The topological polar surface area (TPSA) is 108 Å². The van der Waals surface area contributed by atoms with Crippen LogP contribution >= 0.6 is 0 Å². The lowest BCUT2D eigenvalue weighted by Gasteiger charge is -2.36. The Morgan fingerprint density at radius 3 is 2.46 bits per heavy atom. The number of benzene rings is 1. The number of aryl methyl sites for hydroxylation is 1. The van der Waals surface area contributed by atoms with E-state index >= 15 is 0 Å². The van der Waals surface area contributed by atoms with E-state index in [-0.39, 0.29) is 24.5 Å². The van der Waals surface area contributed by atoms with Gasteiger partial charge < -0.3 is 23.9 Å². The molecule has 46 heavy (non-hydrogen) atoms. The summed E-state index contributed by atoms with van der Waals surface area (Å²) in [5.41, 5.74) is -0.148. The average molecular weight is 648 g/mol. The maximum absolute atomic E-state index is 14.7. The maximum Gasteiger partial charge on any atom is 0.397 e. The summed E-state index contributed by atoms with van der Waals surface area (Å²) in [6, 6.07) is 3.26. The number of nitrogens with zero attached hydrogens (tertiary/aromatic N) is 3. The van der Waals surface area contributed by atoms with E-state index in [2.05, 4.69) is 4.98 Å². The van der Waals surface area contributed by atoms with E-state index in [1.165, 1.54) is 7.11 Å². The Bertz CT molecular complexity index is 1460. The van der Waals surface area contributed by atoms with Gasteiger partial charge in [0.15, 0.2) is 0 Å². The number of rotatable bonds is 2. The van der Waals surface area contributed by atoms with Crippen LogP contribution in [0.2, 0.25) is 0 Å². The van der Waals surface area contributed by atoms with E-state index in [0.717, 1.165) is 37.0 Å².